The number of nitrogens with zero attached hydrogens (tertiary/aromatic N) is 1. The van der Waals surface area contributed by atoms with Crippen LogP contribution in [0.4, 0.5) is 4.79 Å². The van der Waals surface area contributed by atoms with Gasteiger partial charge >= 0.3 is 6.09 Å². The molecular weight excluding hydrogens is 360 g/mol. The molecule has 0 bridgehead atoms. The number of methoxy groups -OCH3 is 1. The minimum Gasteiger partial charge on any atom is -0.497 e. The van der Waals surface area contributed by atoms with E-state index in [1.54, 1.807) is 12.6 Å². The van der Waals surface area contributed by atoms with Gasteiger partial charge in [0.05, 0.1) is 18.7 Å². The Morgan fingerprint density at radius 2 is 2.00 bits per heavy atom. The van der Waals surface area contributed by atoms with Crippen molar-refractivity contribution in [3.05, 3.63) is 81.8 Å². The summed E-state index contributed by atoms with van der Waals surface area (Å²) in [6.07, 6.45) is -0.874. The van der Waals surface area contributed by atoms with Gasteiger partial charge in [-0.05, 0) is 41.3 Å². The fourth-order valence-corrected chi connectivity index (χ4v) is 3.46. The summed E-state index contributed by atoms with van der Waals surface area (Å²) in [5.41, 5.74) is 5.16. The van der Waals surface area contributed by atoms with Crippen LogP contribution >= 0.6 is 11.3 Å². The lowest BCUT2D eigenvalue weighted by molar-refractivity contribution is 0.132. The number of cyclic esters (lactones) is 1. The Morgan fingerprint density at radius 1 is 1.15 bits per heavy atom. The van der Waals surface area contributed by atoms with Crippen LogP contribution in [-0.2, 0) is 4.74 Å². The Balaban J connectivity index is 1.64. The van der Waals surface area contributed by atoms with E-state index in [1.807, 2.05) is 53.9 Å². The molecule has 27 heavy (non-hydrogen) atoms. The topological polar surface area (TPSA) is 60.5 Å². The Kier molecular flexibility index (Phi) is 4.77. The summed E-state index contributed by atoms with van der Waals surface area (Å²) in [6.45, 7) is 0. The standard InChI is InChI=1S/C21H16N2O3S/c1-25-18-7-3-6-16(11-18)20-19(23-21(24)26-20)15-5-2-4-14(10-15)8-9-17-12-27-13-22-17/h2-7,10-13,19-20H,1H3,(H,23,24)/t19-,20-/m1/s1. The van der Waals surface area contributed by atoms with Crippen LogP contribution in [-0.4, -0.2) is 18.2 Å². The van der Waals surface area contributed by atoms with Gasteiger partial charge in [0.1, 0.15) is 11.4 Å². The predicted molar refractivity (Wildman–Crippen MR) is 103 cm³/mol. The highest BCUT2D eigenvalue weighted by Crippen LogP contribution is 2.37. The summed E-state index contributed by atoms with van der Waals surface area (Å²) < 4.78 is 10.8. The van der Waals surface area contributed by atoms with Crippen molar-refractivity contribution in [3.63, 3.8) is 0 Å². The number of aromatic nitrogens is 1. The summed E-state index contributed by atoms with van der Waals surface area (Å²) in [4.78, 5) is 16.1. The van der Waals surface area contributed by atoms with Crippen LogP contribution in [0.5, 0.6) is 5.75 Å². The zero-order valence-electron chi connectivity index (χ0n) is 14.5. The van der Waals surface area contributed by atoms with E-state index in [0.717, 1.165) is 28.1 Å². The molecule has 2 heterocycles. The van der Waals surface area contributed by atoms with Crippen molar-refractivity contribution in [1.29, 1.82) is 0 Å². The van der Waals surface area contributed by atoms with Crippen molar-refractivity contribution >= 4 is 17.4 Å². The number of carbonyl (C=O) groups is 1. The third kappa shape index (κ3) is 3.78. The normalized spacial score (nSPS) is 18.2. The maximum Gasteiger partial charge on any atom is 0.408 e. The lowest BCUT2D eigenvalue weighted by Gasteiger charge is -2.18. The quantitative estimate of drug-likeness (QED) is 0.700. The van der Waals surface area contributed by atoms with Crippen molar-refractivity contribution in [2.24, 2.45) is 0 Å². The molecule has 0 unspecified atom stereocenters. The molecule has 1 N–H and O–H groups in total. The van der Waals surface area contributed by atoms with E-state index in [1.165, 1.54) is 11.3 Å². The second-order valence-electron chi connectivity index (χ2n) is 5.97. The van der Waals surface area contributed by atoms with Gasteiger partial charge in [-0.25, -0.2) is 9.78 Å². The summed E-state index contributed by atoms with van der Waals surface area (Å²) >= 11 is 1.51. The van der Waals surface area contributed by atoms with E-state index < -0.39 is 12.2 Å². The van der Waals surface area contributed by atoms with Gasteiger partial charge in [0.15, 0.2) is 6.10 Å². The molecule has 3 aromatic rings. The van der Waals surface area contributed by atoms with Gasteiger partial charge in [0.25, 0.3) is 0 Å². The fourth-order valence-electron chi connectivity index (χ4n) is 2.98. The molecule has 2 aromatic carbocycles. The van der Waals surface area contributed by atoms with Crippen LogP contribution in [0, 0.1) is 11.8 Å². The molecular formula is C21H16N2O3S. The zero-order chi connectivity index (χ0) is 18.6. The highest BCUT2D eigenvalue weighted by atomic mass is 32.1. The average Bonchev–Trinajstić information content (AvgIpc) is 3.36. The molecule has 0 aliphatic carbocycles. The first-order valence-electron chi connectivity index (χ1n) is 8.34. The molecule has 0 saturated carbocycles. The molecule has 1 amide bonds. The molecule has 6 heteroatoms. The van der Waals surface area contributed by atoms with E-state index in [0.29, 0.717) is 0 Å². The van der Waals surface area contributed by atoms with Crippen molar-refractivity contribution < 1.29 is 14.3 Å². The summed E-state index contributed by atoms with van der Waals surface area (Å²) in [7, 11) is 1.61. The average molecular weight is 376 g/mol. The highest BCUT2D eigenvalue weighted by Gasteiger charge is 2.36. The third-order valence-corrected chi connectivity index (χ3v) is 4.83. The van der Waals surface area contributed by atoms with Crippen LogP contribution < -0.4 is 10.1 Å². The summed E-state index contributed by atoms with van der Waals surface area (Å²) in [5, 5.41) is 4.80. The number of benzene rings is 2. The minimum absolute atomic E-state index is 0.300. The lowest BCUT2D eigenvalue weighted by atomic mass is 9.95. The largest absolute Gasteiger partial charge is 0.497 e. The molecule has 2 atom stereocenters. The lowest BCUT2D eigenvalue weighted by Crippen LogP contribution is -2.19. The first kappa shape index (κ1) is 17.1. The Morgan fingerprint density at radius 3 is 2.81 bits per heavy atom. The number of rotatable bonds is 3. The Hall–Kier alpha value is -3.30. The molecule has 1 aliphatic heterocycles. The number of hydrogen-bond acceptors (Lipinski definition) is 5. The summed E-state index contributed by atoms with van der Waals surface area (Å²) in [6, 6.07) is 15.0. The Labute approximate surface area is 161 Å². The number of thiazole rings is 1. The van der Waals surface area contributed by atoms with Gasteiger partial charge in [0, 0.05) is 10.9 Å². The van der Waals surface area contributed by atoms with Crippen molar-refractivity contribution in [1.82, 2.24) is 10.3 Å². The fraction of sp³-hybridized carbons (Fsp3) is 0.143. The van der Waals surface area contributed by atoms with Gasteiger partial charge < -0.3 is 14.8 Å². The maximum absolute atomic E-state index is 11.9. The van der Waals surface area contributed by atoms with E-state index in [4.69, 9.17) is 9.47 Å². The minimum atomic E-state index is -0.438. The van der Waals surface area contributed by atoms with Crippen molar-refractivity contribution in [2.75, 3.05) is 7.11 Å². The smallest absolute Gasteiger partial charge is 0.408 e. The van der Waals surface area contributed by atoms with E-state index in [9.17, 15) is 4.79 Å². The number of alkyl carbamates (subject to hydrolysis) is 1. The number of ether oxygens (including phenoxy) is 2. The van der Waals surface area contributed by atoms with Crippen LogP contribution in [0.1, 0.15) is 34.5 Å². The molecule has 1 saturated heterocycles. The van der Waals surface area contributed by atoms with Gasteiger partial charge in [-0.15, -0.1) is 11.3 Å². The number of hydrogen-bond donors (Lipinski definition) is 1. The summed E-state index contributed by atoms with van der Waals surface area (Å²) in [5.74, 6) is 6.87. The van der Waals surface area contributed by atoms with E-state index in [2.05, 4.69) is 22.1 Å². The van der Waals surface area contributed by atoms with Crippen LogP contribution in [0.2, 0.25) is 0 Å². The molecule has 4 rings (SSSR count). The number of nitrogens with one attached hydrogen (secondary N) is 1. The van der Waals surface area contributed by atoms with Gasteiger partial charge in [-0.3, -0.25) is 0 Å². The molecule has 1 aliphatic rings. The Bertz CT molecular complexity index is 1020. The van der Waals surface area contributed by atoms with E-state index >= 15 is 0 Å². The molecule has 0 spiro atoms. The van der Waals surface area contributed by atoms with Crippen LogP contribution in [0.25, 0.3) is 0 Å². The second kappa shape index (κ2) is 7.52. The van der Waals surface area contributed by atoms with E-state index in [-0.39, 0.29) is 6.04 Å². The third-order valence-electron chi connectivity index (χ3n) is 4.25. The second-order valence-corrected chi connectivity index (χ2v) is 6.69. The molecule has 0 radical (unpaired) electrons. The molecule has 134 valence electrons. The van der Waals surface area contributed by atoms with Gasteiger partial charge in [-0.1, -0.05) is 30.2 Å². The molecule has 5 nitrogen and oxygen atoms in total. The SMILES string of the molecule is COc1cccc([C@H]2OC(=O)N[C@@H]2c2cccc(C#Cc3cscn3)c2)c1. The highest BCUT2D eigenvalue weighted by molar-refractivity contribution is 7.07. The number of amides is 1. The zero-order valence-corrected chi connectivity index (χ0v) is 15.3. The van der Waals surface area contributed by atoms with Crippen molar-refractivity contribution in [3.8, 4) is 17.6 Å². The predicted octanol–water partition coefficient (Wildman–Crippen LogP) is 4.07. The van der Waals surface area contributed by atoms with Gasteiger partial charge in [-0.2, -0.15) is 0 Å². The van der Waals surface area contributed by atoms with Crippen molar-refractivity contribution in [2.45, 2.75) is 12.1 Å². The number of carbonyl (C=O) groups excluding carboxylic acids is 1. The van der Waals surface area contributed by atoms with Crippen LogP contribution in [0.3, 0.4) is 0 Å². The van der Waals surface area contributed by atoms with Crippen LogP contribution in [0.15, 0.2) is 59.4 Å². The monoisotopic (exact) mass is 376 g/mol. The first-order valence-corrected chi connectivity index (χ1v) is 9.28. The first-order chi connectivity index (χ1) is 13.2. The molecule has 1 fully saturated rings. The van der Waals surface area contributed by atoms with Gasteiger partial charge in [0.2, 0.25) is 0 Å². The maximum atomic E-state index is 11.9. The molecule has 1 aromatic heterocycles.